The first-order valence-electron chi connectivity index (χ1n) is 14.2. The number of anilines is 1. The van der Waals surface area contributed by atoms with Gasteiger partial charge < -0.3 is 20.8 Å². The number of para-hydroxylation sites is 1. The Morgan fingerprint density at radius 3 is 2.23 bits per heavy atom. The number of carbonyl (C=O) groups is 1. The van der Waals surface area contributed by atoms with E-state index in [0.29, 0.717) is 5.41 Å². The Bertz CT molecular complexity index is 1200. The summed E-state index contributed by atoms with van der Waals surface area (Å²) in [5.74, 6) is 1.69. The van der Waals surface area contributed by atoms with Gasteiger partial charge in [-0.3, -0.25) is 4.79 Å². The second kappa shape index (κ2) is 19.1. The molecule has 1 aliphatic rings. The molecule has 4 N–H and O–H groups in total. The highest BCUT2D eigenvalue weighted by Gasteiger charge is 2.29. The largest absolute Gasteiger partial charge is 0.470 e. The summed E-state index contributed by atoms with van der Waals surface area (Å²) >= 11 is 1.50. The van der Waals surface area contributed by atoms with Crippen molar-refractivity contribution < 1.29 is 9.21 Å². The molecular weight excluding hydrogens is 516 g/mol. The number of thiophene rings is 1. The molecule has 0 saturated heterocycles. The minimum Gasteiger partial charge on any atom is -0.470 e. The van der Waals surface area contributed by atoms with Crippen molar-refractivity contribution in [1.82, 2.24) is 10.3 Å². The molecule has 0 aliphatic heterocycles. The minimum absolute atomic E-state index is 0.356. The zero-order valence-electron chi connectivity index (χ0n) is 25.7. The summed E-state index contributed by atoms with van der Waals surface area (Å²) in [6.07, 6.45) is 6.00. The molecule has 0 bridgehead atoms. The molecule has 220 valence electrons. The van der Waals surface area contributed by atoms with Gasteiger partial charge in [0.05, 0.1) is 11.1 Å². The number of nitrogens with two attached hydrogens (primary N) is 1. The number of fused-ring (bicyclic) bond motifs is 2. The number of benzene rings is 1. The molecule has 0 fully saturated rings. The van der Waals surface area contributed by atoms with E-state index in [0.717, 1.165) is 64.7 Å². The Kier molecular flexibility index (Phi) is 16.8. The van der Waals surface area contributed by atoms with Crippen molar-refractivity contribution in [2.75, 3.05) is 32.5 Å². The molecule has 1 atom stereocenters. The topological polar surface area (TPSA) is 93.2 Å². The summed E-state index contributed by atoms with van der Waals surface area (Å²) in [5, 5.41) is 7.04. The van der Waals surface area contributed by atoms with Crippen molar-refractivity contribution in [2.24, 2.45) is 17.1 Å². The minimum atomic E-state index is 0.356. The molecule has 40 heavy (non-hydrogen) atoms. The normalized spacial score (nSPS) is 13.5. The van der Waals surface area contributed by atoms with Gasteiger partial charge in [0.1, 0.15) is 10.6 Å². The van der Waals surface area contributed by atoms with E-state index in [1.807, 2.05) is 83.4 Å². The third kappa shape index (κ3) is 12.5. The van der Waals surface area contributed by atoms with Gasteiger partial charge in [-0.15, -0.1) is 11.3 Å². The second-order valence-corrected chi connectivity index (χ2v) is 11.4. The first kappa shape index (κ1) is 35.0. The van der Waals surface area contributed by atoms with Crippen LogP contribution in [0.4, 0.5) is 5.69 Å². The highest BCUT2D eigenvalue weighted by Crippen LogP contribution is 2.38. The first-order chi connectivity index (χ1) is 19.2. The van der Waals surface area contributed by atoms with Crippen molar-refractivity contribution in [2.45, 2.75) is 60.8 Å². The summed E-state index contributed by atoms with van der Waals surface area (Å²) in [5.41, 5.74) is 9.22. The van der Waals surface area contributed by atoms with Gasteiger partial charge >= 0.3 is 0 Å². The lowest BCUT2D eigenvalue weighted by Gasteiger charge is -2.34. The number of carbonyl (C=O) groups excluding carboxylic acids is 1. The zero-order chi connectivity index (χ0) is 30.0. The standard InChI is InChI=1S/C16H19NOS.C7H9N.C5H6O.C3H10N2.C2H6/c1-16(2,3)12-4-5-14-10(7-12)6-11-8-13(9-18)19-15(11)17-14;1-8-7-5-3-2-4-6-7;1-5-3-2-4-6-5;1-5-3-2-4;1-2/h6,8-9,12H,4-5,7H2,1-3H3;2-6,8H,1H3;2-4H,1H3;5H,2-4H2,1H3;1-2H3. The van der Waals surface area contributed by atoms with Crippen LogP contribution < -0.4 is 16.4 Å². The zero-order valence-corrected chi connectivity index (χ0v) is 26.5. The van der Waals surface area contributed by atoms with E-state index in [2.05, 4.69) is 37.5 Å². The van der Waals surface area contributed by atoms with Gasteiger partial charge in [-0.1, -0.05) is 52.8 Å². The number of hydrogen-bond donors (Lipinski definition) is 3. The third-order valence-electron chi connectivity index (χ3n) is 6.35. The van der Waals surface area contributed by atoms with Gasteiger partial charge in [0, 0.05) is 36.9 Å². The van der Waals surface area contributed by atoms with E-state index in [1.54, 1.807) is 6.26 Å². The quantitative estimate of drug-likeness (QED) is 0.219. The summed E-state index contributed by atoms with van der Waals surface area (Å²) < 4.78 is 4.83. The number of pyridine rings is 1. The van der Waals surface area contributed by atoms with Crippen molar-refractivity contribution in [3.8, 4) is 0 Å². The number of hydrogen-bond acceptors (Lipinski definition) is 7. The molecule has 5 rings (SSSR count). The van der Waals surface area contributed by atoms with E-state index >= 15 is 0 Å². The molecule has 4 aromatic rings. The molecule has 0 radical (unpaired) electrons. The van der Waals surface area contributed by atoms with Crippen LogP contribution >= 0.6 is 11.3 Å². The van der Waals surface area contributed by atoms with E-state index < -0.39 is 0 Å². The van der Waals surface area contributed by atoms with Crippen LogP contribution in [0.1, 0.15) is 67.7 Å². The van der Waals surface area contributed by atoms with Crippen molar-refractivity contribution >= 4 is 33.5 Å². The van der Waals surface area contributed by atoms with Crippen LogP contribution in [0.3, 0.4) is 0 Å². The number of rotatable bonds is 4. The second-order valence-electron chi connectivity index (χ2n) is 10.3. The maximum Gasteiger partial charge on any atom is 0.160 e. The molecule has 1 unspecified atom stereocenters. The lowest BCUT2D eigenvalue weighted by Crippen LogP contribution is -2.27. The highest BCUT2D eigenvalue weighted by molar-refractivity contribution is 7.20. The fourth-order valence-corrected chi connectivity index (χ4v) is 4.90. The summed E-state index contributed by atoms with van der Waals surface area (Å²) in [4.78, 5) is 17.4. The number of nitrogens with one attached hydrogen (secondary N) is 2. The summed E-state index contributed by atoms with van der Waals surface area (Å²) in [6, 6.07) is 18.1. The number of aromatic nitrogens is 1. The van der Waals surface area contributed by atoms with Crippen LogP contribution in [0.25, 0.3) is 10.2 Å². The monoisotopic (exact) mass is 566 g/mol. The molecule has 7 heteroatoms. The smallest absolute Gasteiger partial charge is 0.160 e. The molecule has 0 saturated carbocycles. The SMILES string of the molecule is CC.CC(C)(C)C1CCc2nc3sc(C=O)cc3cc2C1.CNCCN.CNc1ccccc1.Cc1ccco1. The molecule has 1 aromatic carbocycles. The Morgan fingerprint density at radius 1 is 1.10 bits per heavy atom. The number of aryl methyl sites for hydroxylation is 2. The van der Waals surface area contributed by atoms with Gasteiger partial charge in [-0.2, -0.15) is 0 Å². The Labute approximate surface area is 245 Å². The molecular formula is C33H50N4O2S. The van der Waals surface area contributed by atoms with Crippen molar-refractivity contribution in [1.29, 1.82) is 0 Å². The summed E-state index contributed by atoms with van der Waals surface area (Å²) in [7, 11) is 3.79. The van der Waals surface area contributed by atoms with E-state index in [1.165, 1.54) is 29.0 Å². The summed E-state index contributed by atoms with van der Waals surface area (Å²) in [6.45, 7) is 14.5. The predicted molar refractivity (Wildman–Crippen MR) is 174 cm³/mol. The van der Waals surface area contributed by atoms with Crippen molar-refractivity contribution in [3.05, 3.63) is 82.8 Å². The van der Waals surface area contributed by atoms with Crippen LogP contribution in [0.5, 0.6) is 0 Å². The molecule has 6 nitrogen and oxygen atoms in total. The average molecular weight is 567 g/mol. The van der Waals surface area contributed by atoms with Gasteiger partial charge in [-0.05, 0) is 86.5 Å². The fourth-order valence-electron chi connectivity index (χ4n) is 4.05. The Hall–Kier alpha value is -3.00. The van der Waals surface area contributed by atoms with Gasteiger partial charge in [0.2, 0.25) is 0 Å². The Balaban J connectivity index is 0.000000313. The van der Waals surface area contributed by atoms with E-state index in [9.17, 15) is 4.79 Å². The van der Waals surface area contributed by atoms with Gasteiger partial charge in [0.25, 0.3) is 0 Å². The predicted octanol–water partition coefficient (Wildman–Crippen LogP) is 7.77. The van der Waals surface area contributed by atoms with Crippen LogP contribution in [-0.4, -0.2) is 38.5 Å². The van der Waals surface area contributed by atoms with Gasteiger partial charge in [-0.25, -0.2) is 4.98 Å². The molecule has 3 aromatic heterocycles. The number of aldehydes is 1. The number of likely N-dealkylation sites (N-methyl/N-ethyl adjacent to an activating group) is 1. The molecule has 0 amide bonds. The fraction of sp³-hybridized carbons (Fsp3) is 0.455. The van der Waals surface area contributed by atoms with Crippen LogP contribution in [0.15, 0.2) is 65.3 Å². The number of furan rings is 1. The average Bonchev–Trinajstić information content (AvgIpc) is 3.62. The third-order valence-corrected chi connectivity index (χ3v) is 7.32. The molecule has 3 heterocycles. The van der Waals surface area contributed by atoms with Crippen LogP contribution in [0.2, 0.25) is 0 Å². The van der Waals surface area contributed by atoms with Crippen LogP contribution in [-0.2, 0) is 12.8 Å². The first-order valence-corrected chi connectivity index (χ1v) is 15.0. The number of nitrogens with zero attached hydrogens (tertiary/aromatic N) is 1. The highest BCUT2D eigenvalue weighted by atomic mass is 32.1. The van der Waals surface area contributed by atoms with Crippen LogP contribution in [0, 0.1) is 18.3 Å². The Morgan fingerprint density at radius 2 is 1.80 bits per heavy atom. The maximum atomic E-state index is 10.9. The maximum absolute atomic E-state index is 10.9. The van der Waals surface area contributed by atoms with E-state index in [4.69, 9.17) is 15.1 Å². The van der Waals surface area contributed by atoms with Gasteiger partial charge in [0.15, 0.2) is 6.29 Å². The van der Waals surface area contributed by atoms with Crippen molar-refractivity contribution in [3.63, 3.8) is 0 Å². The molecule has 1 aliphatic carbocycles. The molecule has 0 spiro atoms. The van der Waals surface area contributed by atoms with E-state index in [-0.39, 0.29) is 0 Å². The lowest BCUT2D eigenvalue weighted by molar-refractivity contribution is 0.112. The lowest BCUT2D eigenvalue weighted by atomic mass is 9.71.